The third kappa shape index (κ3) is 2.89. The molecule has 0 radical (unpaired) electrons. The summed E-state index contributed by atoms with van der Waals surface area (Å²) in [5.74, 6) is 0.108. The van der Waals surface area contributed by atoms with Gasteiger partial charge in [-0.15, -0.1) is 10.2 Å². The van der Waals surface area contributed by atoms with Crippen molar-refractivity contribution in [2.24, 2.45) is 0 Å². The predicted molar refractivity (Wildman–Crippen MR) is 68.8 cm³/mol. The Morgan fingerprint density at radius 1 is 1.45 bits per heavy atom. The van der Waals surface area contributed by atoms with Crippen molar-refractivity contribution in [2.75, 3.05) is 6.61 Å². The van der Waals surface area contributed by atoms with E-state index in [-0.39, 0.29) is 18.1 Å². The van der Waals surface area contributed by atoms with Crippen LogP contribution in [0.5, 0.6) is 0 Å². The zero-order valence-corrected chi connectivity index (χ0v) is 11.4. The highest BCUT2D eigenvalue weighted by Crippen LogP contribution is 2.29. The average molecular weight is 314 g/mol. The second-order valence-electron chi connectivity index (χ2n) is 4.98. The summed E-state index contributed by atoms with van der Waals surface area (Å²) in [5, 5.41) is 10.2. The minimum absolute atomic E-state index is 0.0746. The van der Waals surface area contributed by atoms with E-state index in [1.165, 1.54) is 10.6 Å². The first-order chi connectivity index (χ1) is 10.4. The number of hydrogen-bond acceptors (Lipinski definition) is 4. The van der Waals surface area contributed by atoms with Gasteiger partial charge in [0, 0.05) is 12.8 Å². The number of hydrogen-bond donors (Lipinski definition) is 1. The lowest BCUT2D eigenvalue weighted by Gasteiger charge is -2.10. The van der Waals surface area contributed by atoms with Crippen LogP contribution in [0.2, 0.25) is 0 Å². The van der Waals surface area contributed by atoms with Crippen molar-refractivity contribution in [3.8, 4) is 0 Å². The number of alkyl halides is 3. The fraction of sp³-hybridized carbons (Fsp3) is 0.462. The molecular formula is C13H13F3N4O2. The molecule has 9 heteroatoms. The smallest absolute Gasteiger partial charge is 0.368 e. The maximum atomic E-state index is 12.6. The SMILES string of the molecule is O=C(NCc1nnc2cc(C(F)(F)F)ccn12)C1CCCO1. The summed E-state index contributed by atoms with van der Waals surface area (Å²) in [7, 11) is 0. The van der Waals surface area contributed by atoms with Crippen LogP contribution < -0.4 is 5.32 Å². The first-order valence-electron chi connectivity index (χ1n) is 6.75. The second-order valence-corrected chi connectivity index (χ2v) is 4.98. The summed E-state index contributed by atoms with van der Waals surface area (Å²) in [5.41, 5.74) is -0.710. The first kappa shape index (κ1) is 14.8. The van der Waals surface area contributed by atoms with Crippen molar-refractivity contribution in [3.05, 3.63) is 29.7 Å². The normalized spacial score (nSPS) is 18.8. The molecule has 1 saturated heterocycles. The standard InChI is InChI=1S/C13H13F3N4O2/c14-13(15,16)8-3-4-20-10(6-8)18-19-11(20)7-17-12(21)9-2-1-5-22-9/h3-4,6,9H,1-2,5,7H2,(H,17,21). The molecule has 2 aromatic rings. The van der Waals surface area contributed by atoms with E-state index >= 15 is 0 Å². The molecule has 1 amide bonds. The minimum atomic E-state index is -4.43. The highest BCUT2D eigenvalue weighted by molar-refractivity contribution is 5.80. The van der Waals surface area contributed by atoms with Gasteiger partial charge in [0.15, 0.2) is 11.5 Å². The van der Waals surface area contributed by atoms with E-state index in [0.29, 0.717) is 18.9 Å². The quantitative estimate of drug-likeness (QED) is 0.933. The van der Waals surface area contributed by atoms with Gasteiger partial charge in [-0.3, -0.25) is 9.20 Å². The highest BCUT2D eigenvalue weighted by atomic mass is 19.4. The Hall–Kier alpha value is -2.16. The highest BCUT2D eigenvalue weighted by Gasteiger charge is 2.31. The molecule has 1 fully saturated rings. The van der Waals surface area contributed by atoms with E-state index in [1.807, 2.05) is 0 Å². The van der Waals surface area contributed by atoms with Crippen LogP contribution in [0.25, 0.3) is 5.65 Å². The molecule has 0 aromatic carbocycles. The molecule has 1 atom stereocenters. The van der Waals surface area contributed by atoms with Gasteiger partial charge in [-0.05, 0) is 25.0 Å². The van der Waals surface area contributed by atoms with Crippen LogP contribution in [0, 0.1) is 0 Å². The van der Waals surface area contributed by atoms with Crippen LogP contribution >= 0.6 is 0 Å². The third-order valence-electron chi connectivity index (χ3n) is 3.45. The number of pyridine rings is 1. The fourth-order valence-electron chi connectivity index (χ4n) is 2.30. The molecule has 0 aliphatic carbocycles. The summed E-state index contributed by atoms with van der Waals surface area (Å²) in [6.07, 6.45) is -2.14. The third-order valence-corrected chi connectivity index (χ3v) is 3.45. The lowest BCUT2D eigenvalue weighted by molar-refractivity contribution is -0.137. The summed E-state index contributed by atoms with van der Waals surface area (Å²) >= 11 is 0. The molecule has 22 heavy (non-hydrogen) atoms. The number of halogens is 3. The molecule has 1 N–H and O–H groups in total. The van der Waals surface area contributed by atoms with Crippen molar-refractivity contribution >= 4 is 11.6 Å². The van der Waals surface area contributed by atoms with Crippen LogP contribution in [0.1, 0.15) is 24.2 Å². The summed E-state index contributed by atoms with van der Waals surface area (Å²) in [4.78, 5) is 11.8. The van der Waals surface area contributed by atoms with Gasteiger partial charge in [0.2, 0.25) is 5.91 Å². The molecule has 6 nitrogen and oxygen atoms in total. The van der Waals surface area contributed by atoms with Crippen LogP contribution in [-0.4, -0.2) is 33.2 Å². The minimum Gasteiger partial charge on any atom is -0.368 e. The zero-order chi connectivity index (χ0) is 15.7. The van der Waals surface area contributed by atoms with Crippen molar-refractivity contribution in [1.82, 2.24) is 19.9 Å². The average Bonchev–Trinajstić information content (AvgIpc) is 3.13. The maximum Gasteiger partial charge on any atom is 0.416 e. The number of carbonyl (C=O) groups excluding carboxylic acids is 1. The van der Waals surface area contributed by atoms with E-state index in [2.05, 4.69) is 15.5 Å². The van der Waals surface area contributed by atoms with Crippen molar-refractivity contribution in [3.63, 3.8) is 0 Å². The molecule has 3 rings (SSSR count). The first-order valence-corrected chi connectivity index (χ1v) is 6.75. The number of carbonyl (C=O) groups is 1. The van der Waals surface area contributed by atoms with Crippen LogP contribution in [0.15, 0.2) is 18.3 Å². The Labute approximate surface area is 123 Å². The van der Waals surface area contributed by atoms with Gasteiger partial charge in [-0.25, -0.2) is 0 Å². The molecular weight excluding hydrogens is 301 g/mol. The molecule has 0 saturated carbocycles. The van der Waals surface area contributed by atoms with Gasteiger partial charge in [0.05, 0.1) is 12.1 Å². The number of nitrogens with one attached hydrogen (secondary N) is 1. The molecule has 1 unspecified atom stereocenters. The largest absolute Gasteiger partial charge is 0.416 e. The second kappa shape index (κ2) is 5.56. The lowest BCUT2D eigenvalue weighted by atomic mass is 10.2. The molecule has 0 bridgehead atoms. The Morgan fingerprint density at radius 2 is 2.27 bits per heavy atom. The number of rotatable bonds is 3. The van der Waals surface area contributed by atoms with Crippen LogP contribution in [0.3, 0.4) is 0 Å². The number of aromatic nitrogens is 3. The van der Waals surface area contributed by atoms with E-state index < -0.39 is 17.8 Å². The Kier molecular flexibility index (Phi) is 3.73. The molecule has 1 aliphatic heterocycles. The summed E-state index contributed by atoms with van der Waals surface area (Å²) < 4.78 is 44.5. The molecule has 0 spiro atoms. The molecule has 2 aromatic heterocycles. The van der Waals surface area contributed by atoms with E-state index in [1.54, 1.807) is 0 Å². The van der Waals surface area contributed by atoms with Crippen LogP contribution in [-0.2, 0) is 22.3 Å². The monoisotopic (exact) mass is 314 g/mol. The van der Waals surface area contributed by atoms with E-state index in [0.717, 1.165) is 18.6 Å². The topological polar surface area (TPSA) is 68.5 Å². The van der Waals surface area contributed by atoms with Gasteiger partial charge < -0.3 is 10.1 Å². The van der Waals surface area contributed by atoms with Crippen molar-refractivity contribution in [2.45, 2.75) is 31.7 Å². The summed E-state index contributed by atoms with van der Waals surface area (Å²) in [6.45, 7) is 0.636. The van der Waals surface area contributed by atoms with Crippen LogP contribution in [0.4, 0.5) is 13.2 Å². The fourth-order valence-corrected chi connectivity index (χ4v) is 2.30. The molecule has 1 aliphatic rings. The van der Waals surface area contributed by atoms with E-state index in [4.69, 9.17) is 4.74 Å². The maximum absolute atomic E-state index is 12.6. The lowest BCUT2D eigenvalue weighted by Crippen LogP contribution is -2.34. The number of ether oxygens (including phenoxy) is 1. The number of nitrogens with zero attached hydrogens (tertiary/aromatic N) is 3. The molecule has 118 valence electrons. The van der Waals surface area contributed by atoms with Gasteiger partial charge in [-0.2, -0.15) is 13.2 Å². The zero-order valence-electron chi connectivity index (χ0n) is 11.4. The Bertz CT molecular complexity index is 692. The Balaban J connectivity index is 1.73. The molecule has 3 heterocycles. The van der Waals surface area contributed by atoms with Crippen molar-refractivity contribution < 1.29 is 22.7 Å². The van der Waals surface area contributed by atoms with Crippen molar-refractivity contribution in [1.29, 1.82) is 0 Å². The van der Waals surface area contributed by atoms with Gasteiger partial charge in [-0.1, -0.05) is 0 Å². The Morgan fingerprint density at radius 3 is 2.95 bits per heavy atom. The summed E-state index contributed by atoms with van der Waals surface area (Å²) in [6, 6.07) is 1.86. The number of amides is 1. The predicted octanol–water partition coefficient (Wildman–Crippen LogP) is 1.54. The van der Waals surface area contributed by atoms with Gasteiger partial charge in [0.1, 0.15) is 6.10 Å². The van der Waals surface area contributed by atoms with E-state index in [9.17, 15) is 18.0 Å². The van der Waals surface area contributed by atoms with Gasteiger partial charge >= 0.3 is 6.18 Å². The number of fused-ring (bicyclic) bond motifs is 1. The van der Waals surface area contributed by atoms with Gasteiger partial charge in [0.25, 0.3) is 0 Å².